The minimum Gasteiger partial charge on any atom is -0.305 e. The average molecular weight is 461 g/mol. The molecule has 5 nitrogen and oxygen atoms in total. The zero-order valence-electron chi connectivity index (χ0n) is 18.8. The molecule has 1 N–H and O–H groups in total. The molecular weight excluding hydrogens is 432 g/mol. The summed E-state index contributed by atoms with van der Waals surface area (Å²) in [6.07, 6.45) is 5.02. The van der Waals surface area contributed by atoms with E-state index in [-0.39, 0.29) is 18.5 Å². The van der Waals surface area contributed by atoms with Gasteiger partial charge in [0.15, 0.2) is 0 Å². The van der Waals surface area contributed by atoms with E-state index in [9.17, 15) is 13.2 Å². The molecule has 5 rings (SSSR count). The van der Waals surface area contributed by atoms with E-state index in [1.165, 1.54) is 5.56 Å². The van der Waals surface area contributed by atoms with Gasteiger partial charge in [0.2, 0.25) is 10.0 Å². The van der Waals surface area contributed by atoms with Gasteiger partial charge in [-0.1, -0.05) is 36.4 Å². The Balaban J connectivity index is 1.35. The molecule has 0 saturated heterocycles. The number of sulfonamides is 1. The maximum atomic E-state index is 13.2. The van der Waals surface area contributed by atoms with Gasteiger partial charge < -0.3 is 4.90 Å². The van der Waals surface area contributed by atoms with E-state index in [0.29, 0.717) is 10.5 Å². The molecule has 1 aliphatic carbocycles. The Labute approximate surface area is 195 Å². The van der Waals surface area contributed by atoms with Crippen molar-refractivity contribution in [1.29, 1.82) is 0 Å². The lowest BCUT2D eigenvalue weighted by Crippen LogP contribution is -2.35. The normalized spacial score (nSPS) is 17.5. The van der Waals surface area contributed by atoms with E-state index >= 15 is 0 Å². The van der Waals surface area contributed by atoms with Gasteiger partial charge in [0.1, 0.15) is 0 Å². The van der Waals surface area contributed by atoms with Crippen molar-refractivity contribution in [3.63, 3.8) is 0 Å². The Hall–Kier alpha value is -2.96. The van der Waals surface area contributed by atoms with Gasteiger partial charge in [-0.15, -0.1) is 0 Å². The summed E-state index contributed by atoms with van der Waals surface area (Å²) < 4.78 is 28.7. The smallest absolute Gasteiger partial charge is 0.258 e. The number of rotatable bonds is 5. The molecule has 170 valence electrons. The number of benzene rings is 3. The predicted octanol–water partition coefficient (Wildman–Crippen LogP) is 4.64. The zero-order chi connectivity index (χ0) is 23.0. The van der Waals surface area contributed by atoms with Crippen molar-refractivity contribution in [2.75, 3.05) is 4.90 Å². The van der Waals surface area contributed by atoms with Crippen LogP contribution in [0.25, 0.3) is 0 Å². The van der Waals surface area contributed by atoms with Gasteiger partial charge in [0, 0.05) is 23.8 Å². The maximum Gasteiger partial charge on any atom is 0.258 e. The van der Waals surface area contributed by atoms with Crippen LogP contribution in [0.15, 0.2) is 71.6 Å². The first kappa shape index (κ1) is 21.9. The van der Waals surface area contributed by atoms with Crippen LogP contribution in [-0.4, -0.2) is 20.4 Å². The standard InChI is InChI=1S/C27H28N2O3S/c1-19-15-24-12-11-20(16-26(24)29(19)27(30)22-8-3-2-4-9-22)18-28-33(31,32)25-14-13-21-7-5-6-10-23(21)17-25/h2-4,8-9,11-14,16-17,19,28H,5-7,10,15,18H2,1H3/t19-/m1/s1. The minimum absolute atomic E-state index is 0.0337. The predicted molar refractivity (Wildman–Crippen MR) is 130 cm³/mol. The molecule has 0 radical (unpaired) electrons. The maximum absolute atomic E-state index is 13.2. The van der Waals surface area contributed by atoms with E-state index in [2.05, 4.69) is 4.72 Å². The van der Waals surface area contributed by atoms with Crippen molar-refractivity contribution in [3.05, 3.63) is 94.5 Å². The second-order valence-corrected chi connectivity index (χ2v) is 10.8. The van der Waals surface area contributed by atoms with Crippen LogP contribution in [0.5, 0.6) is 0 Å². The van der Waals surface area contributed by atoms with Gasteiger partial charge in [-0.25, -0.2) is 13.1 Å². The molecule has 33 heavy (non-hydrogen) atoms. The molecule has 0 aromatic heterocycles. The largest absolute Gasteiger partial charge is 0.305 e. The van der Waals surface area contributed by atoms with Crippen molar-refractivity contribution in [2.45, 2.75) is 56.5 Å². The highest BCUT2D eigenvalue weighted by Gasteiger charge is 2.31. The highest BCUT2D eigenvalue weighted by atomic mass is 32.2. The number of hydrogen-bond acceptors (Lipinski definition) is 3. The summed E-state index contributed by atoms with van der Waals surface area (Å²) in [7, 11) is -3.62. The van der Waals surface area contributed by atoms with Gasteiger partial charge in [0.05, 0.1) is 4.90 Å². The van der Waals surface area contributed by atoms with Crippen LogP contribution in [0.3, 0.4) is 0 Å². The SMILES string of the molecule is C[C@@H]1Cc2ccc(CNS(=O)(=O)c3ccc4c(c3)CCCC4)cc2N1C(=O)c1ccccc1. The summed E-state index contributed by atoms with van der Waals surface area (Å²) in [6, 6.07) is 20.7. The highest BCUT2D eigenvalue weighted by Crippen LogP contribution is 2.34. The van der Waals surface area contributed by atoms with Gasteiger partial charge in [-0.2, -0.15) is 0 Å². The molecule has 1 amide bonds. The topological polar surface area (TPSA) is 66.5 Å². The third-order valence-corrected chi connectivity index (χ3v) is 8.10. The summed E-state index contributed by atoms with van der Waals surface area (Å²) in [6.45, 7) is 2.22. The fraction of sp³-hybridized carbons (Fsp3) is 0.296. The molecule has 0 fully saturated rings. The number of fused-ring (bicyclic) bond motifs is 2. The van der Waals surface area contributed by atoms with Crippen molar-refractivity contribution in [2.24, 2.45) is 0 Å². The Kier molecular flexibility index (Phi) is 5.81. The number of amides is 1. The van der Waals surface area contributed by atoms with E-state index in [1.807, 2.05) is 72.5 Å². The molecule has 0 spiro atoms. The van der Waals surface area contributed by atoms with Crippen LogP contribution in [0.2, 0.25) is 0 Å². The Morgan fingerprint density at radius 1 is 0.939 bits per heavy atom. The molecule has 0 unspecified atom stereocenters. The van der Waals surface area contributed by atoms with Crippen molar-refractivity contribution < 1.29 is 13.2 Å². The number of nitrogens with zero attached hydrogens (tertiary/aromatic N) is 1. The molecule has 6 heteroatoms. The van der Waals surface area contributed by atoms with Gasteiger partial charge in [0.25, 0.3) is 5.91 Å². The van der Waals surface area contributed by atoms with Crippen molar-refractivity contribution >= 4 is 21.6 Å². The van der Waals surface area contributed by atoms with Crippen molar-refractivity contribution in [3.8, 4) is 0 Å². The van der Waals surface area contributed by atoms with E-state index in [0.717, 1.165) is 54.5 Å². The quantitative estimate of drug-likeness (QED) is 0.603. The van der Waals surface area contributed by atoms with Crippen LogP contribution in [0.1, 0.15) is 52.4 Å². The minimum atomic E-state index is -3.62. The summed E-state index contributed by atoms with van der Waals surface area (Å²) >= 11 is 0. The van der Waals surface area contributed by atoms with Gasteiger partial charge in [-0.05, 0) is 91.6 Å². The van der Waals surface area contributed by atoms with E-state index in [1.54, 1.807) is 6.07 Å². The lowest BCUT2D eigenvalue weighted by atomic mass is 9.92. The summed E-state index contributed by atoms with van der Waals surface area (Å²) in [5, 5.41) is 0. The van der Waals surface area contributed by atoms with Crippen LogP contribution in [0, 0.1) is 0 Å². The number of carbonyl (C=O) groups excluding carboxylic acids is 1. The Morgan fingerprint density at radius 3 is 2.45 bits per heavy atom. The monoisotopic (exact) mass is 460 g/mol. The lowest BCUT2D eigenvalue weighted by molar-refractivity contribution is 0.0981. The fourth-order valence-electron chi connectivity index (χ4n) is 4.93. The van der Waals surface area contributed by atoms with Crippen LogP contribution in [0.4, 0.5) is 5.69 Å². The summed E-state index contributed by atoms with van der Waals surface area (Å²) in [5.74, 6) is -0.0337. The second kappa shape index (κ2) is 8.76. The number of carbonyl (C=O) groups is 1. The zero-order valence-corrected chi connectivity index (χ0v) is 19.6. The van der Waals surface area contributed by atoms with Crippen LogP contribution < -0.4 is 9.62 Å². The lowest BCUT2D eigenvalue weighted by Gasteiger charge is -2.23. The fourth-order valence-corrected chi connectivity index (χ4v) is 6.00. The van der Waals surface area contributed by atoms with Gasteiger partial charge in [-0.3, -0.25) is 4.79 Å². The summed E-state index contributed by atoms with van der Waals surface area (Å²) in [5.41, 5.74) is 5.85. The Morgan fingerprint density at radius 2 is 1.67 bits per heavy atom. The average Bonchev–Trinajstić information content (AvgIpc) is 3.17. The third kappa shape index (κ3) is 4.33. The first-order valence-corrected chi connectivity index (χ1v) is 13.0. The number of hydrogen-bond donors (Lipinski definition) is 1. The number of nitrogens with one attached hydrogen (secondary N) is 1. The molecular formula is C27H28N2O3S. The number of aryl methyl sites for hydroxylation is 2. The third-order valence-electron chi connectivity index (χ3n) is 6.70. The van der Waals surface area contributed by atoms with Crippen LogP contribution >= 0.6 is 0 Å². The first-order chi connectivity index (χ1) is 15.9. The molecule has 0 saturated carbocycles. The molecule has 0 bridgehead atoms. The molecule has 3 aromatic carbocycles. The molecule has 1 heterocycles. The summed E-state index contributed by atoms with van der Waals surface area (Å²) in [4.78, 5) is 15.3. The van der Waals surface area contributed by atoms with E-state index in [4.69, 9.17) is 0 Å². The Bertz CT molecular complexity index is 1300. The molecule has 3 aromatic rings. The molecule has 1 aliphatic heterocycles. The van der Waals surface area contributed by atoms with E-state index < -0.39 is 10.0 Å². The second-order valence-electron chi connectivity index (χ2n) is 9.02. The highest BCUT2D eigenvalue weighted by molar-refractivity contribution is 7.89. The molecule has 1 atom stereocenters. The number of anilines is 1. The van der Waals surface area contributed by atoms with Gasteiger partial charge >= 0.3 is 0 Å². The molecule has 2 aliphatic rings. The van der Waals surface area contributed by atoms with Crippen molar-refractivity contribution in [1.82, 2.24) is 4.72 Å². The van der Waals surface area contributed by atoms with Crippen LogP contribution in [-0.2, 0) is 35.8 Å². The first-order valence-electron chi connectivity index (χ1n) is 11.5.